The van der Waals surface area contributed by atoms with Gasteiger partial charge in [0.1, 0.15) is 5.69 Å². The number of aromatic nitrogens is 3. The fraction of sp³-hybridized carbons (Fsp3) is 0.167. The van der Waals surface area contributed by atoms with Gasteiger partial charge in [-0.1, -0.05) is 5.16 Å². The van der Waals surface area contributed by atoms with Crippen LogP contribution in [-0.4, -0.2) is 15.1 Å². The van der Waals surface area contributed by atoms with Gasteiger partial charge in [0.2, 0.25) is 5.82 Å². The third kappa shape index (κ3) is 1.91. The summed E-state index contributed by atoms with van der Waals surface area (Å²) >= 11 is 0.421. The molecule has 2 rings (SSSR count). The van der Waals surface area contributed by atoms with Crippen LogP contribution >= 0.6 is 11.3 Å². The van der Waals surface area contributed by atoms with Crippen molar-refractivity contribution in [3.8, 4) is 11.5 Å². The van der Waals surface area contributed by atoms with Crippen molar-refractivity contribution in [1.29, 1.82) is 0 Å². The summed E-state index contributed by atoms with van der Waals surface area (Å²) in [4.78, 5) is 15.9. The van der Waals surface area contributed by atoms with Crippen LogP contribution in [0.5, 0.6) is 0 Å². The maximum absolute atomic E-state index is 12.2. The zero-order valence-electron chi connectivity index (χ0n) is 6.83. The minimum atomic E-state index is -4.49. The van der Waals surface area contributed by atoms with Crippen LogP contribution in [-0.2, 0) is 6.18 Å². The van der Waals surface area contributed by atoms with E-state index < -0.39 is 16.9 Å². The summed E-state index contributed by atoms with van der Waals surface area (Å²) in [5.41, 5.74) is -0.0711. The number of aromatic amines is 1. The van der Waals surface area contributed by atoms with Crippen LogP contribution in [0.15, 0.2) is 14.7 Å². The molecule has 0 fully saturated rings. The van der Waals surface area contributed by atoms with Gasteiger partial charge in [0.15, 0.2) is 5.01 Å². The molecule has 0 amide bonds. The number of thiazole rings is 1. The Kier molecular flexibility index (Phi) is 2.11. The van der Waals surface area contributed by atoms with E-state index in [9.17, 15) is 18.0 Å². The van der Waals surface area contributed by atoms with Gasteiger partial charge in [0.05, 0.1) is 0 Å². The van der Waals surface area contributed by atoms with Crippen molar-refractivity contribution in [2.45, 2.75) is 6.18 Å². The molecule has 1 N–H and O–H groups in total. The van der Waals surface area contributed by atoms with E-state index in [1.165, 1.54) is 0 Å². The summed E-state index contributed by atoms with van der Waals surface area (Å²) < 4.78 is 40.6. The highest BCUT2D eigenvalue weighted by atomic mass is 32.1. The van der Waals surface area contributed by atoms with Gasteiger partial charge in [-0.15, -0.1) is 11.3 Å². The van der Waals surface area contributed by atoms with Gasteiger partial charge in [-0.3, -0.25) is 9.51 Å². The van der Waals surface area contributed by atoms with E-state index in [2.05, 4.69) is 19.6 Å². The normalized spacial score (nSPS) is 11.9. The molecule has 0 atom stereocenters. The number of nitrogens with one attached hydrogen (secondary N) is 1. The van der Waals surface area contributed by atoms with Gasteiger partial charge in [-0.05, 0) is 0 Å². The summed E-state index contributed by atoms with van der Waals surface area (Å²) in [5.74, 6) is -0.960. The van der Waals surface area contributed by atoms with Crippen molar-refractivity contribution < 1.29 is 17.7 Å². The Morgan fingerprint density at radius 3 is 2.67 bits per heavy atom. The number of H-pyrrole nitrogens is 1. The molecular weight excluding hydrogens is 235 g/mol. The fourth-order valence-corrected chi connectivity index (χ4v) is 1.53. The summed E-state index contributed by atoms with van der Waals surface area (Å²) in [7, 11) is 0. The zero-order valence-corrected chi connectivity index (χ0v) is 7.65. The predicted molar refractivity (Wildman–Crippen MR) is 43.2 cm³/mol. The monoisotopic (exact) mass is 237 g/mol. The second-order valence-electron chi connectivity index (χ2n) is 2.48. The first-order chi connectivity index (χ1) is 6.97. The average Bonchev–Trinajstić information content (AvgIpc) is 2.69. The highest BCUT2D eigenvalue weighted by molar-refractivity contribution is 7.10. The highest BCUT2D eigenvalue weighted by Gasteiger charge is 2.34. The first-order valence-electron chi connectivity index (χ1n) is 3.56. The lowest BCUT2D eigenvalue weighted by atomic mass is 10.5. The quantitative estimate of drug-likeness (QED) is 0.815. The molecule has 0 aliphatic carbocycles. The maximum Gasteiger partial charge on any atom is 0.443 e. The molecule has 0 aliphatic heterocycles. The maximum atomic E-state index is 12.2. The van der Waals surface area contributed by atoms with Gasteiger partial charge in [-0.2, -0.15) is 13.2 Å². The molecule has 0 bridgehead atoms. The average molecular weight is 237 g/mol. The van der Waals surface area contributed by atoms with E-state index in [1.54, 1.807) is 0 Å². The van der Waals surface area contributed by atoms with Crippen LogP contribution in [0.25, 0.3) is 11.5 Å². The second-order valence-corrected chi connectivity index (χ2v) is 3.34. The van der Waals surface area contributed by atoms with Crippen molar-refractivity contribution in [2.24, 2.45) is 0 Å². The van der Waals surface area contributed by atoms with Crippen LogP contribution in [0.2, 0.25) is 0 Å². The lowest BCUT2D eigenvalue weighted by Gasteiger charge is -1.98. The minimum Gasteiger partial charge on any atom is -0.296 e. The second kappa shape index (κ2) is 3.19. The number of alkyl halides is 3. The molecule has 80 valence electrons. The molecule has 2 heterocycles. The Bertz CT molecular complexity index is 526. The summed E-state index contributed by atoms with van der Waals surface area (Å²) in [6, 6.07) is 0. The largest absolute Gasteiger partial charge is 0.443 e. The smallest absolute Gasteiger partial charge is 0.296 e. The molecule has 0 aliphatic rings. The molecule has 15 heavy (non-hydrogen) atoms. The third-order valence-electron chi connectivity index (χ3n) is 1.43. The number of halogens is 3. The highest BCUT2D eigenvalue weighted by Crippen LogP contribution is 2.33. The van der Waals surface area contributed by atoms with Gasteiger partial charge in [0.25, 0.3) is 0 Å². The predicted octanol–water partition coefficient (Wildman–Crippen LogP) is 1.51. The van der Waals surface area contributed by atoms with Crippen molar-refractivity contribution in [1.82, 2.24) is 15.1 Å². The van der Waals surface area contributed by atoms with E-state index in [-0.39, 0.29) is 11.5 Å². The lowest BCUT2D eigenvalue weighted by molar-refractivity contribution is -0.137. The van der Waals surface area contributed by atoms with E-state index in [1.807, 2.05) is 0 Å². The lowest BCUT2D eigenvalue weighted by Crippen LogP contribution is -2.03. The molecule has 0 saturated carbocycles. The summed E-state index contributed by atoms with van der Waals surface area (Å²) in [6.45, 7) is 0. The van der Waals surface area contributed by atoms with Crippen molar-refractivity contribution in [3.63, 3.8) is 0 Å². The minimum absolute atomic E-state index is 0.0711. The molecule has 9 heteroatoms. The molecule has 0 spiro atoms. The van der Waals surface area contributed by atoms with Crippen LogP contribution in [0.1, 0.15) is 5.01 Å². The molecule has 0 unspecified atom stereocenters. The SMILES string of the molecule is O=c1[nH]c(-c2csc(C(F)(F)F)n2)no1. The Hall–Kier alpha value is -1.64. The Morgan fingerprint density at radius 2 is 2.20 bits per heavy atom. The zero-order chi connectivity index (χ0) is 11.1. The van der Waals surface area contributed by atoms with Crippen LogP contribution in [0.3, 0.4) is 0 Å². The van der Waals surface area contributed by atoms with Crippen molar-refractivity contribution in [3.05, 3.63) is 20.9 Å². The Morgan fingerprint density at radius 1 is 1.47 bits per heavy atom. The van der Waals surface area contributed by atoms with E-state index in [0.29, 0.717) is 11.3 Å². The van der Waals surface area contributed by atoms with Crippen LogP contribution in [0, 0.1) is 0 Å². The molecule has 5 nitrogen and oxygen atoms in total. The van der Waals surface area contributed by atoms with E-state index in [4.69, 9.17) is 0 Å². The van der Waals surface area contributed by atoms with Gasteiger partial charge < -0.3 is 0 Å². The number of rotatable bonds is 1. The number of hydrogen-bond donors (Lipinski definition) is 1. The van der Waals surface area contributed by atoms with Crippen LogP contribution in [0.4, 0.5) is 13.2 Å². The number of hydrogen-bond acceptors (Lipinski definition) is 5. The first kappa shape index (κ1) is 9.90. The topological polar surface area (TPSA) is 71.8 Å². The molecule has 0 aromatic carbocycles. The van der Waals surface area contributed by atoms with Gasteiger partial charge >= 0.3 is 11.9 Å². The summed E-state index contributed by atoms with van der Waals surface area (Å²) in [6.07, 6.45) is -4.49. The standard InChI is InChI=1S/C6H2F3N3O2S/c7-6(8,9)4-10-2(1-15-4)3-11-5(13)14-12-3/h1H,(H,11,12,13). The Balaban J connectivity index is 2.40. The Labute approximate surface area is 83.6 Å². The molecule has 0 radical (unpaired) electrons. The van der Waals surface area contributed by atoms with Gasteiger partial charge in [0, 0.05) is 5.38 Å². The first-order valence-corrected chi connectivity index (χ1v) is 4.44. The van der Waals surface area contributed by atoms with E-state index >= 15 is 0 Å². The summed E-state index contributed by atoms with van der Waals surface area (Å²) in [5, 5.41) is 3.35. The third-order valence-corrected chi connectivity index (χ3v) is 2.32. The van der Waals surface area contributed by atoms with Crippen molar-refractivity contribution >= 4 is 11.3 Å². The van der Waals surface area contributed by atoms with Crippen molar-refractivity contribution in [2.75, 3.05) is 0 Å². The molecular formula is C6H2F3N3O2S. The van der Waals surface area contributed by atoms with Gasteiger partial charge in [-0.25, -0.2) is 9.78 Å². The molecule has 2 aromatic rings. The molecule has 0 saturated heterocycles. The number of nitrogens with zero attached hydrogens (tertiary/aromatic N) is 2. The van der Waals surface area contributed by atoms with E-state index in [0.717, 1.165) is 5.38 Å². The molecule has 2 aromatic heterocycles. The van der Waals surface area contributed by atoms with Crippen LogP contribution < -0.4 is 5.76 Å². The fourth-order valence-electron chi connectivity index (χ4n) is 0.853.